The molecule has 2 aromatic rings. The molecule has 2 rings (SSSR count). The molecule has 0 spiro atoms. The molecule has 5 nitrogen and oxygen atoms in total. The number of ether oxygens (including phenoxy) is 3. The highest BCUT2D eigenvalue weighted by Crippen LogP contribution is 2.36. The first kappa shape index (κ1) is 20.8. The Bertz CT molecular complexity index is 784. The van der Waals surface area contributed by atoms with E-state index in [1.807, 2.05) is 6.92 Å². The van der Waals surface area contributed by atoms with Crippen LogP contribution >= 0.6 is 11.6 Å². The van der Waals surface area contributed by atoms with Crippen LogP contribution in [0.15, 0.2) is 36.4 Å². The number of halogens is 3. The minimum atomic E-state index is -2.88. The van der Waals surface area contributed by atoms with Gasteiger partial charge in [0.2, 0.25) is 0 Å². The maximum Gasteiger partial charge on any atom is 0.387 e. The topological polar surface area (TPSA) is 48.0 Å². The van der Waals surface area contributed by atoms with Crippen molar-refractivity contribution < 1.29 is 27.8 Å². The van der Waals surface area contributed by atoms with E-state index in [0.717, 1.165) is 5.56 Å². The summed E-state index contributed by atoms with van der Waals surface area (Å²) in [5.74, 6) is 0.544. The fourth-order valence-electron chi connectivity index (χ4n) is 2.47. The van der Waals surface area contributed by atoms with Gasteiger partial charge >= 0.3 is 6.61 Å². The monoisotopic (exact) mass is 399 g/mol. The average Bonchev–Trinajstić information content (AvgIpc) is 2.63. The molecule has 0 atom stereocenters. The number of carbonyl (C=O) groups is 1. The van der Waals surface area contributed by atoms with Gasteiger partial charge in [0, 0.05) is 19.2 Å². The summed E-state index contributed by atoms with van der Waals surface area (Å²) < 4.78 is 39.4. The number of rotatable bonds is 8. The minimum absolute atomic E-state index is 0.0609. The molecule has 0 saturated heterocycles. The lowest BCUT2D eigenvalue weighted by molar-refractivity contribution is -0.0498. The van der Waals surface area contributed by atoms with Gasteiger partial charge in [-0.25, -0.2) is 0 Å². The first-order valence-corrected chi connectivity index (χ1v) is 8.53. The van der Waals surface area contributed by atoms with Crippen LogP contribution in [0.25, 0.3) is 0 Å². The molecule has 0 N–H and O–H groups in total. The third-order valence-corrected chi connectivity index (χ3v) is 3.96. The Balaban J connectivity index is 2.13. The molecule has 0 radical (unpaired) electrons. The Morgan fingerprint density at radius 1 is 1.22 bits per heavy atom. The molecule has 0 aliphatic rings. The Morgan fingerprint density at radius 2 is 1.89 bits per heavy atom. The van der Waals surface area contributed by atoms with E-state index in [1.54, 1.807) is 25.2 Å². The molecule has 0 aliphatic heterocycles. The summed E-state index contributed by atoms with van der Waals surface area (Å²) in [7, 11) is 3.10. The molecule has 0 aliphatic carbocycles. The fourth-order valence-corrected chi connectivity index (χ4v) is 2.74. The van der Waals surface area contributed by atoms with E-state index < -0.39 is 6.61 Å². The van der Waals surface area contributed by atoms with E-state index in [1.165, 1.54) is 30.2 Å². The van der Waals surface area contributed by atoms with Crippen LogP contribution in [0.3, 0.4) is 0 Å². The molecular weight excluding hydrogens is 380 g/mol. The van der Waals surface area contributed by atoms with Crippen LogP contribution in [-0.2, 0) is 6.54 Å². The van der Waals surface area contributed by atoms with E-state index >= 15 is 0 Å². The smallest absolute Gasteiger partial charge is 0.387 e. The summed E-state index contributed by atoms with van der Waals surface area (Å²) in [4.78, 5) is 14.2. The van der Waals surface area contributed by atoms with Gasteiger partial charge in [-0.3, -0.25) is 4.79 Å². The van der Waals surface area contributed by atoms with Crippen molar-refractivity contribution in [3.8, 4) is 17.2 Å². The highest BCUT2D eigenvalue weighted by atomic mass is 35.5. The van der Waals surface area contributed by atoms with Crippen LogP contribution in [-0.4, -0.2) is 38.2 Å². The van der Waals surface area contributed by atoms with Gasteiger partial charge < -0.3 is 19.1 Å². The van der Waals surface area contributed by atoms with Gasteiger partial charge in [0.15, 0.2) is 11.5 Å². The van der Waals surface area contributed by atoms with E-state index in [2.05, 4.69) is 4.74 Å². The lowest BCUT2D eigenvalue weighted by Crippen LogP contribution is -2.26. The van der Waals surface area contributed by atoms with Crippen molar-refractivity contribution in [1.82, 2.24) is 4.90 Å². The molecule has 0 fully saturated rings. The third kappa shape index (κ3) is 5.47. The summed E-state index contributed by atoms with van der Waals surface area (Å²) >= 11 is 6.21. The van der Waals surface area contributed by atoms with E-state index in [9.17, 15) is 13.6 Å². The van der Waals surface area contributed by atoms with Crippen molar-refractivity contribution in [1.29, 1.82) is 0 Å². The summed E-state index contributed by atoms with van der Waals surface area (Å²) in [5, 5.41) is 0.279. The van der Waals surface area contributed by atoms with Crippen LogP contribution in [0.4, 0.5) is 8.78 Å². The van der Waals surface area contributed by atoms with Gasteiger partial charge in [-0.05, 0) is 36.8 Å². The quantitative estimate of drug-likeness (QED) is 0.649. The lowest BCUT2D eigenvalue weighted by atomic mass is 10.1. The van der Waals surface area contributed by atoms with Crippen molar-refractivity contribution in [2.75, 3.05) is 20.8 Å². The number of hydrogen-bond acceptors (Lipinski definition) is 4. The van der Waals surface area contributed by atoms with Crippen LogP contribution < -0.4 is 14.2 Å². The van der Waals surface area contributed by atoms with Crippen LogP contribution in [0.2, 0.25) is 5.02 Å². The van der Waals surface area contributed by atoms with E-state index in [-0.39, 0.29) is 23.2 Å². The summed E-state index contributed by atoms with van der Waals surface area (Å²) in [5.41, 5.74) is 1.11. The minimum Gasteiger partial charge on any atom is -0.493 e. The summed E-state index contributed by atoms with van der Waals surface area (Å²) in [6.45, 7) is -0.366. The molecular formula is C19H20ClF2NO4. The van der Waals surface area contributed by atoms with Gasteiger partial charge in [0.25, 0.3) is 5.91 Å². The Labute approximate surface area is 161 Å². The Kier molecular flexibility index (Phi) is 7.24. The van der Waals surface area contributed by atoms with Crippen molar-refractivity contribution in [2.24, 2.45) is 0 Å². The largest absolute Gasteiger partial charge is 0.493 e. The first-order valence-electron chi connectivity index (χ1n) is 8.15. The molecule has 1 amide bonds. The summed E-state index contributed by atoms with van der Waals surface area (Å²) in [6, 6.07) is 9.18. The normalized spacial score (nSPS) is 10.6. The number of nitrogens with zero attached hydrogens (tertiary/aromatic N) is 1. The second kappa shape index (κ2) is 9.41. The molecule has 27 heavy (non-hydrogen) atoms. The molecule has 0 saturated carbocycles. The molecule has 0 bridgehead atoms. The Morgan fingerprint density at radius 3 is 2.44 bits per heavy atom. The highest BCUT2D eigenvalue weighted by Gasteiger charge is 2.18. The predicted molar refractivity (Wildman–Crippen MR) is 98.0 cm³/mol. The van der Waals surface area contributed by atoms with Crippen molar-refractivity contribution in [3.05, 3.63) is 52.5 Å². The SMILES string of the molecule is CCOc1c(Cl)cc(C(=O)N(C)Cc2ccc(OC(F)F)cc2)cc1OC. The van der Waals surface area contributed by atoms with Gasteiger partial charge in [-0.15, -0.1) is 0 Å². The van der Waals surface area contributed by atoms with Gasteiger partial charge in [0.1, 0.15) is 5.75 Å². The van der Waals surface area contributed by atoms with Crippen molar-refractivity contribution in [3.63, 3.8) is 0 Å². The summed E-state index contributed by atoms with van der Waals surface area (Å²) in [6.07, 6.45) is 0. The number of carbonyl (C=O) groups excluding carboxylic acids is 1. The average molecular weight is 400 g/mol. The van der Waals surface area contributed by atoms with Crippen molar-refractivity contribution in [2.45, 2.75) is 20.1 Å². The molecule has 0 heterocycles. The number of benzene rings is 2. The maximum absolute atomic E-state index is 12.7. The first-order chi connectivity index (χ1) is 12.8. The van der Waals surface area contributed by atoms with Crippen LogP contribution in [0.1, 0.15) is 22.8 Å². The lowest BCUT2D eigenvalue weighted by Gasteiger charge is -2.19. The van der Waals surface area contributed by atoms with Crippen molar-refractivity contribution >= 4 is 17.5 Å². The van der Waals surface area contributed by atoms with Crippen LogP contribution in [0.5, 0.6) is 17.2 Å². The molecule has 2 aromatic carbocycles. The number of hydrogen-bond donors (Lipinski definition) is 0. The molecule has 0 aromatic heterocycles. The Hall–Kier alpha value is -2.54. The van der Waals surface area contributed by atoms with Gasteiger partial charge in [-0.2, -0.15) is 8.78 Å². The predicted octanol–water partition coefficient (Wildman–Crippen LogP) is 4.62. The zero-order valence-electron chi connectivity index (χ0n) is 15.2. The van der Waals surface area contributed by atoms with Gasteiger partial charge in [0.05, 0.1) is 18.7 Å². The zero-order valence-corrected chi connectivity index (χ0v) is 15.9. The standard InChI is InChI=1S/C19H20ClF2NO4/c1-4-26-17-15(20)9-13(10-16(17)25-3)18(24)23(2)11-12-5-7-14(8-6-12)27-19(21)22/h5-10,19H,4,11H2,1-3H3. The molecule has 8 heteroatoms. The van der Waals surface area contributed by atoms with E-state index in [4.69, 9.17) is 21.1 Å². The van der Waals surface area contributed by atoms with E-state index in [0.29, 0.717) is 23.7 Å². The van der Waals surface area contributed by atoms with Crippen LogP contribution in [0, 0.1) is 0 Å². The maximum atomic E-state index is 12.7. The third-order valence-electron chi connectivity index (χ3n) is 3.68. The second-order valence-electron chi connectivity index (χ2n) is 5.61. The number of methoxy groups -OCH3 is 1. The number of alkyl halides is 2. The molecule has 0 unspecified atom stereocenters. The highest BCUT2D eigenvalue weighted by molar-refractivity contribution is 6.32. The molecule has 146 valence electrons. The number of amides is 1. The fraction of sp³-hybridized carbons (Fsp3) is 0.316. The zero-order chi connectivity index (χ0) is 20.0. The second-order valence-corrected chi connectivity index (χ2v) is 6.01. The van der Waals surface area contributed by atoms with Gasteiger partial charge in [-0.1, -0.05) is 23.7 Å².